The molecule has 3 aromatic heterocycles. The molecule has 8 nitrogen and oxygen atoms in total. The Balaban J connectivity index is 1.96. The van der Waals surface area contributed by atoms with E-state index in [0.717, 1.165) is 10.6 Å². The SMILES string of the molecule is CC(C)CN(C(=O)Cc1csc(-c2ccsc2)n1)c1c(N)n(CC(C)C)c(=O)[nH]c1=O. The Morgan fingerprint density at radius 1 is 1.23 bits per heavy atom. The maximum Gasteiger partial charge on any atom is 0.330 e. The molecular formula is C21H27N5O3S2. The van der Waals surface area contributed by atoms with Gasteiger partial charge in [0.05, 0.1) is 12.1 Å². The Bertz CT molecular complexity index is 1160. The van der Waals surface area contributed by atoms with E-state index in [1.807, 2.05) is 49.9 Å². The highest BCUT2D eigenvalue weighted by Gasteiger charge is 2.26. The van der Waals surface area contributed by atoms with Crippen LogP contribution in [0.3, 0.4) is 0 Å². The molecule has 0 spiro atoms. The Morgan fingerprint density at radius 2 is 1.97 bits per heavy atom. The largest absolute Gasteiger partial charge is 0.383 e. The lowest BCUT2D eigenvalue weighted by molar-refractivity contribution is -0.118. The summed E-state index contributed by atoms with van der Waals surface area (Å²) in [6.07, 6.45) is 0.0372. The van der Waals surface area contributed by atoms with Crippen molar-refractivity contribution < 1.29 is 4.79 Å². The molecule has 0 aliphatic rings. The molecule has 3 N–H and O–H groups in total. The van der Waals surface area contributed by atoms with E-state index in [0.29, 0.717) is 18.8 Å². The molecule has 0 saturated carbocycles. The number of amides is 1. The highest BCUT2D eigenvalue weighted by molar-refractivity contribution is 7.14. The molecule has 0 saturated heterocycles. The number of aromatic nitrogens is 3. The molecule has 3 rings (SSSR count). The summed E-state index contributed by atoms with van der Waals surface area (Å²) in [4.78, 5) is 46.5. The van der Waals surface area contributed by atoms with Crippen molar-refractivity contribution in [1.29, 1.82) is 0 Å². The highest BCUT2D eigenvalue weighted by Crippen LogP contribution is 2.26. The van der Waals surface area contributed by atoms with E-state index < -0.39 is 11.2 Å². The van der Waals surface area contributed by atoms with Crippen LogP contribution in [-0.4, -0.2) is 27.0 Å². The van der Waals surface area contributed by atoms with Crippen molar-refractivity contribution in [3.8, 4) is 10.6 Å². The minimum atomic E-state index is -0.659. The van der Waals surface area contributed by atoms with Crippen molar-refractivity contribution in [2.45, 2.75) is 40.7 Å². The van der Waals surface area contributed by atoms with Crippen molar-refractivity contribution in [1.82, 2.24) is 14.5 Å². The Hall–Kier alpha value is -2.72. The fraction of sp³-hybridized carbons (Fsp3) is 0.429. The fourth-order valence-corrected chi connectivity index (χ4v) is 4.76. The molecule has 1 amide bonds. The Labute approximate surface area is 188 Å². The standard InChI is InChI=1S/C21H27N5O3S2/c1-12(2)8-25(17-18(22)26(9-13(3)4)21(29)24-19(17)28)16(27)7-15-11-31-20(23-15)14-5-6-30-10-14/h5-6,10-13H,7-9,22H2,1-4H3,(H,24,28,29). The molecule has 0 aromatic carbocycles. The van der Waals surface area contributed by atoms with Crippen LogP contribution in [-0.2, 0) is 17.8 Å². The highest BCUT2D eigenvalue weighted by atomic mass is 32.1. The first-order valence-electron chi connectivity index (χ1n) is 10.1. The van der Waals surface area contributed by atoms with Gasteiger partial charge in [-0.15, -0.1) is 11.3 Å². The van der Waals surface area contributed by atoms with Gasteiger partial charge >= 0.3 is 5.69 Å². The van der Waals surface area contributed by atoms with Gasteiger partial charge in [0.1, 0.15) is 10.8 Å². The summed E-state index contributed by atoms with van der Waals surface area (Å²) in [5, 5.41) is 6.69. The maximum absolute atomic E-state index is 13.3. The van der Waals surface area contributed by atoms with Crippen molar-refractivity contribution in [2.75, 3.05) is 17.2 Å². The van der Waals surface area contributed by atoms with E-state index in [4.69, 9.17) is 5.73 Å². The summed E-state index contributed by atoms with van der Waals surface area (Å²) < 4.78 is 1.32. The van der Waals surface area contributed by atoms with Crippen LogP contribution in [0.15, 0.2) is 31.8 Å². The van der Waals surface area contributed by atoms with Crippen LogP contribution in [0.5, 0.6) is 0 Å². The van der Waals surface area contributed by atoms with Crippen LogP contribution in [0.2, 0.25) is 0 Å². The lowest BCUT2D eigenvalue weighted by Gasteiger charge is -2.26. The van der Waals surface area contributed by atoms with E-state index in [-0.39, 0.29) is 35.7 Å². The van der Waals surface area contributed by atoms with Gasteiger partial charge in [0, 0.05) is 29.4 Å². The molecule has 0 fully saturated rings. The second-order valence-electron chi connectivity index (χ2n) is 8.23. The summed E-state index contributed by atoms with van der Waals surface area (Å²) in [5.74, 6) is -0.0555. The quantitative estimate of drug-likeness (QED) is 0.535. The third-order valence-electron chi connectivity index (χ3n) is 4.53. The van der Waals surface area contributed by atoms with Gasteiger partial charge < -0.3 is 10.6 Å². The van der Waals surface area contributed by atoms with E-state index in [2.05, 4.69) is 9.97 Å². The summed E-state index contributed by atoms with van der Waals surface area (Å²) in [6, 6.07) is 1.98. The smallest absolute Gasteiger partial charge is 0.330 e. The zero-order chi connectivity index (χ0) is 22.7. The number of nitrogens with one attached hydrogen (secondary N) is 1. The number of rotatable bonds is 8. The zero-order valence-electron chi connectivity index (χ0n) is 18.0. The number of nitrogen functional groups attached to an aromatic ring is 1. The predicted molar refractivity (Wildman–Crippen MR) is 127 cm³/mol. The first kappa shape index (κ1) is 23.0. The van der Waals surface area contributed by atoms with Crippen LogP contribution in [0.1, 0.15) is 33.4 Å². The molecule has 0 aliphatic heterocycles. The summed E-state index contributed by atoms with van der Waals surface area (Å²) in [7, 11) is 0. The average Bonchev–Trinajstić information content (AvgIpc) is 3.35. The molecule has 3 aromatic rings. The Kier molecular flexibility index (Phi) is 7.11. The molecule has 166 valence electrons. The second kappa shape index (κ2) is 9.61. The van der Waals surface area contributed by atoms with Gasteiger partial charge in [-0.1, -0.05) is 27.7 Å². The number of carbonyl (C=O) groups excluding carboxylic acids is 1. The van der Waals surface area contributed by atoms with Gasteiger partial charge in [-0.2, -0.15) is 11.3 Å². The van der Waals surface area contributed by atoms with Crippen LogP contribution < -0.4 is 21.9 Å². The van der Waals surface area contributed by atoms with Gasteiger partial charge in [0.2, 0.25) is 5.91 Å². The first-order chi connectivity index (χ1) is 14.7. The maximum atomic E-state index is 13.3. The van der Waals surface area contributed by atoms with E-state index in [9.17, 15) is 14.4 Å². The molecule has 0 unspecified atom stereocenters. The topological polar surface area (TPSA) is 114 Å². The number of thiazole rings is 1. The molecular weight excluding hydrogens is 434 g/mol. The monoisotopic (exact) mass is 461 g/mol. The molecule has 0 atom stereocenters. The van der Waals surface area contributed by atoms with Crippen LogP contribution in [0.25, 0.3) is 10.6 Å². The summed E-state index contributed by atoms with van der Waals surface area (Å²) in [6.45, 7) is 8.43. The number of aromatic amines is 1. The summed E-state index contributed by atoms with van der Waals surface area (Å²) in [5.41, 5.74) is 6.69. The van der Waals surface area contributed by atoms with Crippen LogP contribution in [0.4, 0.5) is 11.5 Å². The van der Waals surface area contributed by atoms with Crippen LogP contribution in [0, 0.1) is 11.8 Å². The zero-order valence-corrected chi connectivity index (χ0v) is 19.7. The average molecular weight is 462 g/mol. The van der Waals surface area contributed by atoms with E-state index >= 15 is 0 Å². The van der Waals surface area contributed by atoms with Crippen molar-refractivity contribution in [3.63, 3.8) is 0 Å². The first-order valence-corrected chi connectivity index (χ1v) is 11.9. The van der Waals surface area contributed by atoms with Gasteiger partial charge in [-0.25, -0.2) is 9.78 Å². The normalized spacial score (nSPS) is 11.4. The van der Waals surface area contributed by atoms with Crippen molar-refractivity contribution >= 4 is 40.1 Å². The molecule has 10 heteroatoms. The van der Waals surface area contributed by atoms with E-state index in [1.165, 1.54) is 20.8 Å². The third-order valence-corrected chi connectivity index (χ3v) is 6.16. The lowest BCUT2D eigenvalue weighted by Crippen LogP contribution is -2.43. The van der Waals surface area contributed by atoms with Gasteiger partial charge in [0.15, 0.2) is 5.69 Å². The van der Waals surface area contributed by atoms with Crippen molar-refractivity contribution in [2.24, 2.45) is 11.8 Å². The van der Waals surface area contributed by atoms with Crippen molar-refractivity contribution in [3.05, 3.63) is 48.7 Å². The molecule has 0 radical (unpaired) electrons. The Morgan fingerprint density at radius 3 is 2.58 bits per heavy atom. The number of nitrogens with two attached hydrogens (primary N) is 1. The number of anilines is 2. The van der Waals surface area contributed by atoms with Crippen LogP contribution >= 0.6 is 22.7 Å². The minimum Gasteiger partial charge on any atom is -0.383 e. The molecule has 0 aliphatic carbocycles. The number of hydrogen-bond donors (Lipinski definition) is 2. The molecule has 3 heterocycles. The molecule has 31 heavy (non-hydrogen) atoms. The third kappa shape index (κ3) is 5.31. The number of hydrogen-bond acceptors (Lipinski definition) is 7. The predicted octanol–water partition coefficient (Wildman–Crippen LogP) is 3.19. The lowest BCUT2D eigenvalue weighted by atomic mass is 10.1. The summed E-state index contributed by atoms with van der Waals surface area (Å²) >= 11 is 3.06. The number of H-pyrrole nitrogens is 1. The number of carbonyl (C=O) groups is 1. The fourth-order valence-electron chi connectivity index (χ4n) is 3.22. The minimum absolute atomic E-state index is 0.00805. The van der Waals surface area contributed by atoms with Gasteiger partial charge in [0.25, 0.3) is 5.56 Å². The van der Waals surface area contributed by atoms with Gasteiger partial charge in [-0.3, -0.25) is 19.1 Å². The number of thiophene rings is 1. The van der Waals surface area contributed by atoms with E-state index in [1.54, 1.807) is 11.3 Å². The molecule has 0 bridgehead atoms. The van der Waals surface area contributed by atoms with Gasteiger partial charge in [-0.05, 0) is 23.3 Å². The second-order valence-corrected chi connectivity index (χ2v) is 9.87. The number of nitrogens with zero attached hydrogens (tertiary/aromatic N) is 3.